The number of ether oxygens (including phenoxy) is 2. The van der Waals surface area contributed by atoms with Crippen LogP contribution in [0.2, 0.25) is 0 Å². The average molecular weight is 210 g/mol. The minimum atomic E-state index is -1.34. The first kappa shape index (κ1) is 12.5. The molecule has 0 amide bonds. The van der Waals surface area contributed by atoms with Gasteiger partial charge >= 0.3 is 11.9 Å². The predicted molar refractivity (Wildman–Crippen MR) is 38.9 cm³/mol. The van der Waals surface area contributed by atoms with Gasteiger partial charge in [0.2, 0.25) is 5.78 Å². The lowest BCUT2D eigenvalue weighted by atomic mass is 10.4. The van der Waals surface area contributed by atoms with E-state index >= 15 is 0 Å². The maximum absolute atomic E-state index is 11.5. The Balaban J connectivity index is 3.56. The van der Waals surface area contributed by atoms with Crippen molar-refractivity contribution in [3.8, 4) is 0 Å². The molecule has 0 radical (unpaired) electrons. The Kier molecular flexibility index (Phi) is 6.17. The van der Waals surface area contributed by atoms with Crippen LogP contribution >= 0.6 is 0 Å². The summed E-state index contributed by atoms with van der Waals surface area (Å²) in [4.78, 5) is 31.1. The lowest BCUT2D eigenvalue weighted by molar-refractivity contribution is -0.153. The number of rotatable bonds is 6. The zero-order valence-corrected chi connectivity index (χ0v) is 7.13. The van der Waals surface area contributed by atoms with Crippen LogP contribution in [0.5, 0.6) is 0 Å². The second-order valence-electron chi connectivity index (χ2n) is 2.13. The Morgan fingerprint density at radius 3 is 1.50 bits per heavy atom. The summed E-state index contributed by atoms with van der Waals surface area (Å²) in [5.74, 6) is -3.13. The van der Waals surface area contributed by atoms with Crippen molar-refractivity contribution in [1.82, 2.24) is 0 Å². The first-order chi connectivity index (χ1) is 6.60. The fourth-order valence-electron chi connectivity index (χ4n) is 0.441. The number of hydrogen-bond acceptors (Lipinski definition) is 5. The highest BCUT2D eigenvalue weighted by Gasteiger charge is 2.09. The number of alkyl halides is 2. The van der Waals surface area contributed by atoms with E-state index in [0.717, 1.165) is 0 Å². The second-order valence-corrected chi connectivity index (χ2v) is 2.13. The van der Waals surface area contributed by atoms with Gasteiger partial charge in [-0.25, -0.2) is 18.4 Å². The van der Waals surface area contributed by atoms with E-state index in [0.29, 0.717) is 0 Å². The van der Waals surface area contributed by atoms with Crippen LogP contribution in [0.15, 0.2) is 0 Å². The molecule has 14 heavy (non-hydrogen) atoms. The SMILES string of the molecule is O=C(COC(=O)CF)COC(=O)CF. The van der Waals surface area contributed by atoms with Gasteiger partial charge in [-0.3, -0.25) is 4.79 Å². The van der Waals surface area contributed by atoms with Crippen LogP contribution in [0.1, 0.15) is 0 Å². The molecule has 0 aromatic rings. The molecule has 80 valence electrons. The van der Waals surface area contributed by atoms with Gasteiger partial charge in [0.15, 0.2) is 26.6 Å². The monoisotopic (exact) mass is 210 g/mol. The Bertz CT molecular complexity index is 206. The van der Waals surface area contributed by atoms with Crippen molar-refractivity contribution in [2.75, 3.05) is 26.6 Å². The van der Waals surface area contributed by atoms with Crippen molar-refractivity contribution in [1.29, 1.82) is 0 Å². The summed E-state index contributed by atoms with van der Waals surface area (Å²) >= 11 is 0. The van der Waals surface area contributed by atoms with E-state index < -0.39 is 44.3 Å². The third-order valence-corrected chi connectivity index (χ3v) is 1.01. The minimum absolute atomic E-state index is 0.692. The van der Waals surface area contributed by atoms with Crippen molar-refractivity contribution in [3.05, 3.63) is 0 Å². The molecule has 0 saturated heterocycles. The summed E-state index contributed by atoms with van der Waals surface area (Å²) in [7, 11) is 0. The van der Waals surface area contributed by atoms with Gasteiger partial charge in [-0.1, -0.05) is 0 Å². The van der Waals surface area contributed by atoms with Crippen molar-refractivity contribution in [2.45, 2.75) is 0 Å². The van der Waals surface area contributed by atoms with Gasteiger partial charge in [0.05, 0.1) is 0 Å². The molecule has 0 aromatic heterocycles. The van der Waals surface area contributed by atoms with E-state index in [9.17, 15) is 23.2 Å². The molecule has 5 nitrogen and oxygen atoms in total. The van der Waals surface area contributed by atoms with Gasteiger partial charge in [-0.2, -0.15) is 0 Å². The van der Waals surface area contributed by atoms with E-state index in [1.807, 2.05) is 0 Å². The van der Waals surface area contributed by atoms with E-state index in [-0.39, 0.29) is 0 Å². The molecular formula is C7H8F2O5. The van der Waals surface area contributed by atoms with Crippen LogP contribution in [0.4, 0.5) is 8.78 Å². The molecule has 0 unspecified atom stereocenters. The Labute approximate surface area is 78.0 Å². The van der Waals surface area contributed by atoms with Crippen LogP contribution in [0, 0.1) is 0 Å². The summed E-state index contributed by atoms with van der Waals surface area (Å²) in [6.45, 7) is -4.06. The molecule has 0 bridgehead atoms. The topological polar surface area (TPSA) is 69.7 Å². The quantitative estimate of drug-likeness (QED) is 0.557. The van der Waals surface area contributed by atoms with E-state index in [4.69, 9.17) is 0 Å². The average Bonchev–Trinajstić information content (AvgIpc) is 2.22. The van der Waals surface area contributed by atoms with Crippen molar-refractivity contribution in [3.63, 3.8) is 0 Å². The third kappa shape index (κ3) is 6.04. The molecule has 0 aliphatic heterocycles. The van der Waals surface area contributed by atoms with Gasteiger partial charge in [0.1, 0.15) is 0 Å². The van der Waals surface area contributed by atoms with E-state index in [1.54, 1.807) is 0 Å². The largest absolute Gasteiger partial charge is 0.456 e. The highest BCUT2D eigenvalue weighted by atomic mass is 19.1. The molecule has 7 heteroatoms. The Morgan fingerprint density at radius 2 is 1.21 bits per heavy atom. The Morgan fingerprint density at radius 1 is 0.857 bits per heavy atom. The van der Waals surface area contributed by atoms with Crippen LogP contribution < -0.4 is 0 Å². The van der Waals surface area contributed by atoms with E-state index in [2.05, 4.69) is 9.47 Å². The van der Waals surface area contributed by atoms with Crippen molar-refractivity contribution >= 4 is 17.7 Å². The molecule has 0 aromatic carbocycles. The summed E-state index contributed by atoms with van der Waals surface area (Å²) in [5, 5.41) is 0. The zero-order chi connectivity index (χ0) is 11.0. The number of esters is 2. The van der Waals surface area contributed by atoms with Crippen molar-refractivity contribution < 1.29 is 32.6 Å². The molecule has 0 saturated carbocycles. The standard InChI is InChI=1S/C7H8F2O5/c8-1-6(11)13-3-5(10)4-14-7(12)2-9/h1-4H2. The first-order valence-electron chi connectivity index (χ1n) is 3.55. The molecule has 0 heterocycles. The van der Waals surface area contributed by atoms with Gasteiger partial charge in [0.25, 0.3) is 0 Å². The van der Waals surface area contributed by atoms with Crippen LogP contribution in [-0.4, -0.2) is 44.3 Å². The highest BCUT2D eigenvalue weighted by Crippen LogP contribution is 1.85. The highest BCUT2D eigenvalue weighted by molar-refractivity contribution is 5.85. The van der Waals surface area contributed by atoms with Gasteiger partial charge < -0.3 is 9.47 Å². The number of carbonyl (C=O) groups excluding carboxylic acids is 3. The predicted octanol–water partition coefficient (Wildman–Crippen LogP) is -0.419. The molecular weight excluding hydrogens is 202 g/mol. The second kappa shape index (κ2) is 6.93. The summed E-state index contributed by atoms with van der Waals surface area (Å²) in [6.07, 6.45) is 0. The maximum Gasteiger partial charge on any atom is 0.337 e. The smallest absolute Gasteiger partial charge is 0.337 e. The number of halogens is 2. The molecule has 0 aliphatic rings. The summed E-state index contributed by atoms with van der Waals surface area (Å²) in [5.41, 5.74) is 0. The molecule has 0 rings (SSSR count). The fraction of sp³-hybridized carbons (Fsp3) is 0.571. The lowest BCUT2D eigenvalue weighted by Gasteiger charge is -2.02. The summed E-state index contributed by atoms with van der Waals surface area (Å²) in [6, 6.07) is 0. The van der Waals surface area contributed by atoms with E-state index in [1.165, 1.54) is 0 Å². The molecule has 0 aliphatic carbocycles. The molecule has 0 N–H and O–H groups in total. The number of carbonyl (C=O) groups is 3. The lowest BCUT2D eigenvalue weighted by Crippen LogP contribution is -2.21. The maximum atomic E-state index is 11.5. The number of ketones is 1. The molecule has 0 fully saturated rings. The first-order valence-corrected chi connectivity index (χ1v) is 3.55. The molecule has 0 spiro atoms. The normalized spacial score (nSPS) is 9.29. The van der Waals surface area contributed by atoms with Gasteiger partial charge in [0, 0.05) is 0 Å². The third-order valence-electron chi connectivity index (χ3n) is 1.01. The van der Waals surface area contributed by atoms with Gasteiger partial charge in [-0.05, 0) is 0 Å². The van der Waals surface area contributed by atoms with Crippen LogP contribution in [0.3, 0.4) is 0 Å². The number of hydrogen-bond donors (Lipinski definition) is 0. The fourth-order valence-corrected chi connectivity index (χ4v) is 0.441. The summed E-state index contributed by atoms with van der Waals surface area (Å²) < 4.78 is 31.1. The minimum Gasteiger partial charge on any atom is -0.456 e. The van der Waals surface area contributed by atoms with Crippen LogP contribution in [-0.2, 0) is 23.9 Å². The number of Topliss-reactive ketones (excluding diaryl/α,β-unsaturated/α-hetero) is 1. The Hall–Kier alpha value is -1.53. The van der Waals surface area contributed by atoms with Crippen LogP contribution in [0.25, 0.3) is 0 Å². The zero-order valence-electron chi connectivity index (χ0n) is 7.13. The van der Waals surface area contributed by atoms with Gasteiger partial charge in [-0.15, -0.1) is 0 Å². The molecule has 0 atom stereocenters. The van der Waals surface area contributed by atoms with Crippen molar-refractivity contribution in [2.24, 2.45) is 0 Å².